The number of rotatable bonds is 6. The zero-order chi connectivity index (χ0) is 38.1. The molecular formula is C52H60Zr. The topological polar surface area (TPSA) is 0 Å². The third kappa shape index (κ3) is 5.05. The molecule has 0 fully saturated rings. The molecule has 0 spiro atoms. The summed E-state index contributed by atoms with van der Waals surface area (Å²) in [6.07, 6.45) is 11.1. The first-order valence-electron chi connectivity index (χ1n) is 20.2. The third-order valence-corrected chi connectivity index (χ3v) is 31.5. The minimum atomic E-state index is -5.03. The maximum absolute atomic E-state index is 5.96. The molecule has 4 aromatic carbocycles. The van der Waals surface area contributed by atoms with Crippen LogP contribution in [0.4, 0.5) is 0 Å². The van der Waals surface area contributed by atoms with Gasteiger partial charge in [-0.15, -0.1) is 0 Å². The van der Waals surface area contributed by atoms with Crippen LogP contribution in [0.25, 0.3) is 22.3 Å². The molecule has 272 valence electrons. The van der Waals surface area contributed by atoms with E-state index in [1.165, 1.54) is 78.9 Å². The molecule has 0 aromatic heterocycles. The van der Waals surface area contributed by atoms with Gasteiger partial charge in [0.1, 0.15) is 0 Å². The average Bonchev–Trinajstić information content (AvgIpc) is 3.79. The number of hydrogen-bond donors (Lipinski definition) is 0. The van der Waals surface area contributed by atoms with E-state index in [2.05, 4.69) is 174 Å². The summed E-state index contributed by atoms with van der Waals surface area (Å²) in [7, 11) is 0. The summed E-state index contributed by atoms with van der Waals surface area (Å²) in [5.41, 5.74) is 18.5. The molecule has 4 aliphatic carbocycles. The summed E-state index contributed by atoms with van der Waals surface area (Å²) in [6.45, 7) is 28.5. The second-order valence-electron chi connectivity index (χ2n) is 19.5. The van der Waals surface area contributed by atoms with E-state index in [-0.39, 0.29) is 16.2 Å². The van der Waals surface area contributed by atoms with Crippen molar-refractivity contribution >= 4 is 21.9 Å². The molecule has 0 amide bonds. The molecule has 4 aliphatic rings. The molecule has 0 saturated heterocycles. The maximum atomic E-state index is 5.96. The molecule has 0 N–H and O–H groups in total. The van der Waals surface area contributed by atoms with Crippen molar-refractivity contribution < 1.29 is 18.3 Å². The van der Waals surface area contributed by atoms with Crippen LogP contribution in [-0.2, 0) is 35.5 Å². The summed E-state index contributed by atoms with van der Waals surface area (Å²) < 4.78 is 12.1. The summed E-state index contributed by atoms with van der Waals surface area (Å²) >= 11 is -5.03. The van der Waals surface area contributed by atoms with E-state index in [1.807, 2.05) is 0 Å². The fourth-order valence-corrected chi connectivity index (χ4v) is 30.3. The number of hydrogen-bond acceptors (Lipinski definition) is 0. The van der Waals surface area contributed by atoms with Gasteiger partial charge in [0, 0.05) is 0 Å². The quantitative estimate of drug-likeness (QED) is 0.161. The first-order chi connectivity index (χ1) is 24.8. The van der Waals surface area contributed by atoms with Gasteiger partial charge in [-0.25, -0.2) is 0 Å². The van der Waals surface area contributed by atoms with Gasteiger partial charge in [0.25, 0.3) is 0 Å². The molecule has 8 rings (SSSR count). The van der Waals surface area contributed by atoms with Gasteiger partial charge in [-0.05, 0) is 0 Å². The standard InChI is InChI=1S/C25H25.C12H19.2C7H7.CH2.Zr/c1-14-12-24(3,4)22-8-16-7-17-9-23-19(15(2)13-25(23,5)6)11-21(17)20(16)10-18(14)22;1-5-6-10-7-8-11(9-10)12(2,3)4;2*1-7-5-3-2-4-6-7;;/h8-12H,7H2,1-6H3;8-10H,5-6H2,1-4H3;2*3-6H,1H3;1H2;. The SMILES string of the molecule is [CH2]=[Zr]([C]1=CC(C(C)(C)C)=CC1CCC)([C]1=C(C)c2cc3c(cc2C1(C)C)Cc1cc2c(cc1-3)C(C)=CC2(C)C)([c]1ccc(C)cc1)[c]1ccc(C)cc1. The van der Waals surface area contributed by atoms with Crippen molar-refractivity contribution in [2.75, 3.05) is 0 Å². The van der Waals surface area contributed by atoms with Crippen molar-refractivity contribution in [1.29, 1.82) is 0 Å². The van der Waals surface area contributed by atoms with Crippen LogP contribution in [0.3, 0.4) is 0 Å². The number of aryl methyl sites for hydroxylation is 2. The van der Waals surface area contributed by atoms with Crippen molar-refractivity contribution in [3.8, 4) is 11.1 Å². The number of fused-ring (bicyclic) bond motifs is 5. The molecule has 0 heterocycles. The van der Waals surface area contributed by atoms with Crippen LogP contribution in [0, 0.1) is 25.2 Å². The predicted molar refractivity (Wildman–Crippen MR) is 230 cm³/mol. The van der Waals surface area contributed by atoms with Gasteiger partial charge in [-0.3, -0.25) is 0 Å². The first-order valence-corrected chi connectivity index (χ1v) is 26.8. The summed E-state index contributed by atoms with van der Waals surface area (Å²) in [5, 5.41) is 0. The van der Waals surface area contributed by atoms with Crippen LogP contribution in [0.15, 0.2) is 103 Å². The van der Waals surface area contributed by atoms with Gasteiger partial charge < -0.3 is 0 Å². The van der Waals surface area contributed by atoms with Crippen LogP contribution in [0.2, 0.25) is 0 Å². The van der Waals surface area contributed by atoms with E-state index >= 15 is 0 Å². The zero-order valence-corrected chi connectivity index (χ0v) is 37.0. The van der Waals surface area contributed by atoms with Crippen LogP contribution in [0.1, 0.15) is 127 Å². The van der Waals surface area contributed by atoms with Gasteiger partial charge >= 0.3 is 324 Å². The fourth-order valence-electron chi connectivity index (χ4n) is 11.5. The van der Waals surface area contributed by atoms with E-state index < -0.39 is 18.3 Å². The Bertz CT molecular complexity index is 2370. The molecule has 0 aliphatic heterocycles. The van der Waals surface area contributed by atoms with Gasteiger partial charge in [-0.2, -0.15) is 0 Å². The Morgan fingerprint density at radius 2 is 1.25 bits per heavy atom. The molecule has 0 radical (unpaired) electrons. The third-order valence-electron chi connectivity index (χ3n) is 14.1. The molecule has 0 bridgehead atoms. The fraction of sp³-hybridized carbons (Fsp3) is 0.365. The van der Waals surface area contributed by atoms with E-state index in [0.717, 1.165) is 19.3 Å². The Hall–Kier alpha value is -3.41. The Kier molecular flexibility index (Phi) is 8.14. The molecule has 1 heteroatoms. The van der Waals surface area contributed by atoms with Crippen molar-refractivity contribution in [1.82, 2.24) is 0 Å². The van der Waals surface area contributed by atoms with Gasteiger partial charge in [0.15, 0.2) is 0 Å². The Balaban J connectivity index is 1.46. The van der Waals surface area contributed by atoms with Gasteiger partial charge in [0.2, 0.25) is 0 Å². The molecular weight excluding hydrogens is 716 g/mol. The van der Waals surface area contributed by atoms with Gasteiger partial charge in [0.05, 0.1) is 0 Å². The minimum absolute atomic E-state index is 0.0525. The van der Waals surface area contributed by atoms with Crippen LogP contribution >= 0.6 is 0 Å². The normalized spacial score (nSPS) is 19.8. The Morgan fingerprint density at radius 3 is 1.77 bits per heavy atom. The second-order valence-corrected chi connectivity index (χ2v) is 32.2. The average molecular weight is 776 g/mol. The monoisotopic (exact) mass is 774 g/mol. The number of benzene rings is 4. The molecule has 53 heavy (non-hydrogen) atoms. The van der Waals surface area contributed by atoms with Crippen molar-refractivity contribution in [3.05, 3.63) is 148 Å². The van der Waals surface area contributed by atoms with Crippen LogP contribution in [0.5, 0.6) is 0 Å². The van der Waals surface area contributed by atoms with Crippen LogP contribution < -0.4 is 6.54 Å². The molecule has 1 unspecified atom stereocenters. The van der Waals surface area contributed by atoms with Crippen LogP contribution in [-0.4, -0.2) is 4.21 Å². The van der Waals surface area contributed by atoms with E-state index in [9.17, 15) is 0 Å². The first kappa shape index (κ1) is 36.6. The van der Waals surface area contributed by atoms with E-state index in [1.54, 1.807) is 6.56 Å². The Labute approximate surface area is 321 Å². The molecule has 1 atom stereocenters. The summed E-state index contributed by atoms with van der Waals surface area (Å²) in [4.78, 5) is 0. The van der Waals surface area contributed by atoms with E-state index in [4.69, 9.17) is 4.21 Å². The summed E-state index contributed by atoms with van der Waals surface area (Å²) in [6, 6.07) is 29.6. The van der Waals surface area contributed by atoms with Crippen molar-refractivity contribution in [2.24, 2.45) is 11.3 Å². The predicted octanol–water partition coefficient (Wildman–Crippen LogP) is 12.7. The molecule has 4 aromatic rings. The summed E-state index contributed by atoms with van der Waals surface area (Å²) in [5.74, 6) is 0.360. The number of allylic oxidation sites excluding steroid dienone is 8. The van der Waals surface area contributed by atoms with E-state index in [0.29, 0.717) is 5.92 Å². The second kappa shape index (κ2) is 11.8. The molecule has 0 saturated carbocycles. The van der Waals surface area contributed by atoms with Crippen molar-refractivity contribution in [2.45, 2.75) is 113 Å². The zero-order valence-electron chi connectivity index (χ0n) is 34.6. The molecule has 0 nitrogen and oxygen atoms in total. The van der Waals surface area contributed by atoms with Crippen molar-refractivity contribution in [3.63, 3.8) is 0 Å². The Morgan fingerprint density at radius 1 is 0.717 bits per heavy atom. The van der Waals surface area contributed by atoms with Gasteiger partial charge in [-0.1, -0.05) is 0 Å².